The quantitative estimate of drug-likeness (QED) is 0.561. The number of rotatable bonds is 6. The van der Waals surface area contributed by atoms with Crippen LogP contribution < -0.4 is 15.0 Å². The maximum absolute atomic E-state index is 12.9. The van der Waals surface area contributed by atoms with Crippen molar-refractivity contribution in [1.82, 2.24) is 9.88 Å². The Hall–Kier alpha value is -4.35. The number of nitrogens with zero attached hydrogens (tertiary/aromatic N) is 3. The van der Waals surface area contributed by atoms with Crippen LogP contribution in [-0.4, -0.2) is 40.6 Å². The van der Waals surface area contributed by atoms with Crippen LogP contribution in [0.5, 0.6) is 5.75 Å². The Morgan fingerprint density at radius 3 is 2.58 bits per heavy atom. The van der Waals surface area contributed by atoms with Gasteiger partial charge in [-0.05, 0) is 48.0 Å². The van der Waals surface area contributed by atoms with Crippen LogP contribution in [0.2, 0.25) is 0 Å². The summed E-state index contributed by atoms with van der Waals surface area (Å²) in [6.07, 6.45) is -0.636. The van der Waals surface area contributed by atoms with Gasteiger partial charge in [0, 0.05) is 6.20 Å². The summed E-state index contributed by atoms with van der Waals surface area (Å²) in [5, 5.41) is 2.64. The lowest BCUT2D eigenvalue weighted by Gasteiger charge is -2.19. The highest BCUT2D eigenvalue weighted by molar-refractivity contribution is 6.19. The molecule has 1 aliphatic rings. The molecule has 0 unspecified atom stereocenters. The Morgan fingerprint density at radius 2 is 1.91 bits per heavy atom. The van der Waals surface area contributed by atoms with E-state index in [2.05, 4.69) is 15.0 Å². The molecule has 4 rings (SSSR count). The predicted octanol–water partition coefficient (Wildman–Crippen LogP) is 3.79. The average molecular weight is 460 g/mol. The van der Waals surface area contributed by atoms with Crippen molar-refractivity contribution < 1.29 is 36.7 Å². The van der Waals surface area contributed by atoms with Crippen molar-refractivity contribution in [2.24, 2.45) is 0 Å². The minimum absolute atomic E-state index is 0.0212. The van der Waals surface area contributed by atoms with Gasteiger partial charge in [0.25, 0.3) is 11.8 Å². The molecule has 0 spiro atoms. The van der Waals surface area contributed by atoms with Gasteiger partial charge in [0.15, 0.2) is 5.76 Å². The first-order valence-electron chi connectivity index (χ1n) is 9.47. The number of anilines is 2. The van der Waals surface area contributed by atoms with Gasteiger partial charge in [-0.25, -0.2) is 9.69 Å². The number of nitrogens with one attached hydrogen (secondary N) is 1. The number of furan rings is 1. The summed E-state index contributed by atoms with van der Waals surface area (Å²) in [6.45, 7) is -0.278. The lowest BCUT2D eigenvalue weighted by molar-refractivity contribution is -0.274. The molecular weight excluding hydrogens is 445 g/mol. The topological polar surface area (TPSA) is 105 Å². The second-order valence-electron chi connectivity index (χ2n) is 6.87. The smallest absolute Gasteiger partial charge is 0.459 e. The van der Waals surface area contributed by atoms with E-state index < -0.39 is 30.0 Å². The number of benzene rings is 1. The summed E-state index contributed by atoms with van der Waals surface area (Å²) < 4.78 is 45.8. The normalized spacial score (nSPS) is 14.0. The van der Waals surface area contributed by atoms with Crippen molar-refractivity contribution in [3.05, 3.63) is 72.4 Å². The molecule has 33 heavy (non-hydrogen) atoms. The van der Waals surface area contributed by atoms with Crippen molar-refractivity contribution in [1.29, 1.82) is 0 Å². The number of hydrogen-bond donors (Lipinski definition) is 1. The Morgan fingerprint density at radius 1 is 1.15 bits per heavy atom. The zero-order chi connectivity index (χ0) is 23.6. The second-order valence-corrected chi connectivity index (χ2v) is 6.87. The van der Waals surface area contributed by atoms with E-state index in [1.54, 1.807) is 12.1 Å². The van der Waals surface area contributed by atoms with E-state index in [0.29, 0.717) is 11.3 Å². The SMILES string of the molecule is O=C(Nc1cnccc1CN1CC(=O)N(c2ccc(OC(F)(F)F)cc2)C1=O)c1ccco1. The Labute approximate surface area is 184 Å². The molecule has 0 bridgehead atoms. The van der Waals surface area contributed by atoms with E-state index in [1.165, 1.54) is 41.8 Å². The van der Waals surface area contributed by atoms with Gasteiger partial charge in [-0.15, -0.1) is 13.2 Å². The van der Waals surface area contributed by atoms with Gasteiger partial charge >= 0.3 is 12.4 Å². The van der Waals surface area contributed by atoms with Gasteiger partial charge in [-0.3, -0.25) is 14.6 Å². The molecule has 1 aliphatic heterocycles. The number of imide groups is 1. The lowest BCUT2D eigenvalue weighted by atomic mass is 10.2. The fourth-order valence-corrected chi connectivity index (χ4v) is 3.20. The van der Waals surface area contributed by atoms with Crippen LogP contribution in [0.4, 0.5) is 29.3 Å². The zero-order valence-corrected chi connectivity index (χ0v) is 16.7. The lowest BCUT2D eigenvalue weighted by Crippen LogP contribution is -2.33. The van der Waals surface area contributed by atoms with Crippen molar-refractivity contribution in [2.45, 2.75) is 12.9 Å². The molecule has 1 aromatic carbocycles. The van der Waals surface area contributed by atoms with Crippen LogP contribution in [0.15, 0.2) is 65.5 Å². The van der Waals surface area contributed by atoms with E-state index in [1.807, 2.05) is 0 Å². The van der Waals surface area contributed by atoms with Crippen molar-refractivity contribution in [3.8, 4) is 5.75 Å². The van der Waals surface area contributed by atoms with Gasteiger partial charge in [-0.2, -0.15) is 0 Å². The highest BCUT2D eigenvalue weighted by Gasteiger charge is 2.37. The molecular formula is C21H15F3N4O5. The maximum Gasteiger partial charge on any atom is 0.573 e. The molecule has 1 saturated heterocycles. The number of alkyl halides is 3. The van der Waals surface area contributed by atoms with Crippen molar-refractivity contribution >= 4 is 29.2 Å². The third-order valence-electron chi connectivity index (χ3n) is 4.63. The van der Waals surface area contributed by atoms with E-state index in [0.717, 1.165) is 17.0 Å². The minimum Gasteiger partial charge on any atom is -0.459 e. The highest BCUT2D eigenvalue weighted by Crippen LogP contribution is 2.28. The number of pyridine rings is 1. The summed E-state index contributed by atoms with van der Waals surface area (Å²) >= 11 is 0. The number of halogens is 3. The second kappa shape index (κ2) is 8.65. The van der Waals surface area contributed by atoms with E-state index in [-0.39, 0.29) is 24.5 Å². The largest absolute Gasteiger partial charge is 0.573 e. The first-order chi connectivity index (χ1) is 15.7. The van der Waals surface area contributed by atoms with Gasteiger partial charge < -0.3 is 19.4 Å². The molecule has 3 heterocycles. The van der Waals surface area contributed by atoms with Crippen LogP contribution >= 0.6 is 0 Å². The molecule has 2 aromatic heterocycles. The summed E-state index contributed by atoms with van der Waals surface area (Å²) in [6, 6.07) is 8.35. The van der Waals surface area contributed by atoms with Gasteiger partial charge in [-0.1, -0.05) is 0 Å². The number of hydrogen-bond acceptors (Lipinski definition) is 6. The third kappa shape index (κ3) is 4.95. The Balaban J connectivity index is 1.48. The van der Waals surface area contributed by atoms with Crippen LogP contribution in [0, 0.1) is 0 Å². The first-order valence-corrected chi connectivity index (χ1v) is 9.47. The summed E-state index contributed by atoms with van der Waals surface area (Å²) in [5.41, 5.74) is 0.941. The summed E-state index contributed by atoms with van der Waals surface area (Å²) in [4.78, 5) is 43.7. The number of carbonyl (C=O) groups is 3. The zero-order valence-electron chi connectivity index (χ0n) is 16.7. The fraction of sp³-hybridized carbons (Fsp3) is 0.143. The fourth-order valence-electron chi connectivity index (χ4n) is 3.20. The summed E-state index contributed by atoms with van der Waals surface area (Å²) in [7, 11) is 0. The Bertz CT molecular complexity index is 1180. The van der Waals surface area contributed by atoms with Gasteiger partial charge in [0.1, 0.15) is 12.3 Å². The molecule has 1 fully saturated rings. The van der Waals surface area contributed by atoms with Crippen LogP contribution in [0.1, 0.15) is 16.1 Å². The van der Waals surface area contributed by atoms with Gasteiger partial charge in [0.05, 0.1) is 30.4 Å². The molecule has 0 aliphatic carbocycles. The van der Waals surface area contributed by atoms with Crippen LogP contribution in [-0.2, 0) is 11.3 Å². The number of carbonyl (C=O) groups excluding carboxylic acids is 3. The molecule has 0 radical (unpaired) electrons. The monoisotopic (exact) mass is 460 g/mol. The van der Waals surface area contributed by atoms with E-state index in [4.69, 9.17) is 4.42 Å². The molecule has 0 atom stereocenters. The predicted molar refractivity (Wildman–Crippen MR) is 107 cm³/mol. The number of urea groups is 1. The van der Waals surface area contributed by atoms with Crippen molar-refractivity contribution in [3.63, 3.8) is 0 Å². The molecule has 3 aromatic rings. The number of amides is 4. The molecule has 9 nitrogen and oxygen atoms in total. The number of aromatic nitrogens is 1. The van der Waals surface area contributed by atoms with Gasteiger partial charge in [0.2, 0.25) is 0 Å². The van der Waals surface area contributed by atoms with Crippen LogP contribution in [0.3, 0.4) is 0 Å². The molecule has 12 heteroatoms. The average Bonchev–Trinajstić information content (AvgIpc) is 3.38. The standard InChI is InChI=1S/C21H15F3N4O5/c22-21(23,24)33-15-5-3-14(4-6-15)28-18(29)12-27(20(28)31)11-13-7-8-25-10-16(13)26-19(30)17-2-1-9-32-17/h1-10H,11-12H2,(H,26,30). The molecule has 170 valence electrons. The summed E-state index contributed by atoms with van der Waals surface area (Å²) in [5.74, 6) is -1.46. The third-order valence-corrected chi connectivity index (χ3v) is 4.63. The van der Waals surface area contributed by atoms with E-state index >= 15 is 0 Å². The van der Waals surface area contributed by atoms with Crippen LogP contribution in [0.25, 0.3) is 0 Å². The van der Waals surface area contributed by atoms with Crippen molar-refractivity contribution in [2.75, 3.05) is 16.8 Å². The first kappa shape index (κ1) is 21.9. The molecule has 4 amide bonds. The highest BCUT2D eigenvalue weighted by atomic mass is 19.4. The number of ether oxygens (including phenoxy) is 1. The minimum atomic E-state index is -4.85. The Kier molecular flexibility index (Phi) is 5.73. The maximum atomic E-state index is 12.9. The molecule has 1 N–H and O–H groups in total. The van der Waals surface area contributed by atoms with E-state index in [9.17, 15) is 27.6 Å². The molecule has 0 saturated carbocycles.